The Morgan fingerprint density at radius 3 is 2.69 bits per heavy atom. The summed E-state index contributed by atoms with van der Waals surface area (Å²) in [6, 6.07) is 13.9. The Bertz CT molecular complexity index is 1560. The number of aromatic nitrogens is 3. The van der Waals surface area contributed by atoms with E-state index in [1.807, 2.05) is 24.3 Å². The van der Waals surface area contributed by atoms with Gasteiger partial charge in [0.05, 0.1) is 37.4 Å². The molecule has 5 aromatic rings. The first-order chi connectivity index (χ1) is 15.4. The highest BCUT2D eigenvalue weighted by atomic mass is 32.2. The van der Waals surface area contributed by atoms with Crippen LogP contribution in [0.1, 0.15) is 15.9 Å². The van der Waals surface area contributed by atoms with Gasteiger partial charge in [-0.05, 0) is 48.0 Å². The molecule has 0 atom stereocenters. The summed E-state index contributed by atoms with van der Waals surface area (Å²) >= 11 is 2.76. The van der Waals surface area contributed by atoms with Gasteiger partial charge in [0.1, 0.15) is 0 Å². The number of anilines is 1. The Labute approximate surface area is 191 Å². The molecule has 3 heterocycles. The number of hydrogen-bond donors (Lipinski definition) is 0. The fourth-order valence-electron chi connectivity index (χ4n) is 3.28. The molecule has 5 rings (SSSR count). The van der Waals surface area contributed by atoms with Crippen molar-refractivity contribution in [3.8, 4) is 0 Å². The largest absolute Gasteiger partial charge is 0.279 e. The molecule has 0 unspecified atom stereocenters. The van der Waals surface area contributed by atoms with E-state index in [1.165, 1.54) is 35.0 Å². The first-order valence-corrected chi connectivity index (χ1v) is 13.1. The zero-order valence-corrected chi connectivity index (χ0v) is 19.2. The van der Waals surface area contributed by atoms with Crippen LogP contribution in [0.3, 0.4) is 0 Å². The number of rotatable bonds is 5. The third-order valence-corrected chi connectivity index (χ3v) is 7.84. The van der Waals surface area contributed by atoms with Gasteiger partial charge in [-0.25, -0.2) is 18.4 Å². The molecule has 0 bridgehead atoms. The molecule has 0 saturated heterocycles. The van der Waals surface area contributed by atoms with E-state index in [9.17, 15) is 13.2 Å². The fourth-order valence-corrected chi connectivity index (χ4v) is 5.72. The molecule has 3 aromatic heterocycles. The quantitative estimate of drug-likeness (QED) is 0.366. The lowest BCUT2D eigenvalue weighted by molar-refractivity contribution is 0.0985. The van der Waals surface area contributed by atoms with Crippen LogP contribution in [-0.2, 0) is 16.4 Å². The van der Waals surface area contributed by atoms with E-state index in [1.54, 1.807) is 41.0 Å². The van der Waals surface area contributed by atoms with Crippen molar-refractivity contribution in [1.29, 1.82) is 0 Å². The van der Waals surface area contributed by atoms with Gasteiger partial charge in [0.25, 0.3) is 5.91 Å². The van der Waals surface area contributed by atoms with Crippen LogP contribution in [0.4, 0.5) is 5.13 Å². The lowest BCUT2D eigenvalue weighted by Gasteiger charge is -2.20. The normalized spacial score (nSPS) is 11.8. The topological polar surface area (TPSA) is 93.1 Å². The summed E-state index contributed by atoms with van der Waals surface area (Å²) in [5, 5.41) is 0.490. The van der Waals surface area contributed by atoms with Crippen LogP contribution < -0.4 is 4.90 Å². The number of carbonyl (C=O) groups excluding carboxylic acids is 1. The Hall–Kier alpha value is -3.21. The monoisotopic (exact) mass is 480 g/mol. The van der Waals surface area contributed by atoms with Gasteiger partial charge >= 0.3 is 0 Å². The number of benzene rings is 2. The molecular formula is C22H16N4O3S3. The zero-order valence-electron chi connectivity index (χ0n) is 16.8. The van der Waals surface area contributed by atoms with E-state index in [4.69, 9.17) is 0 Å². The van der Waals surface area contributed by atoms with Gasteiger partial charge in [-0.1, -0.05) is 17.4 Å². The zero-order chi connectivity index (χ0) is 22.3. The van der Waals surface area contributed by atoms with E-state index >= 15 is 0 Å². The number of fused-ring (bicyclic) bond motifs is 2. The van der Waals surface area contributed by atoms with Crippen LogP contribution in [0.2, 0.25) is 0 Å². The predicted molar refractivity (Wildman–Crippen MR) is 127 cm³/mol. The van der Waals surface area contributed by atoms with Crippen molar-refractivity contribution >= 4 is 64.0 Å². The van der Waals surface area contributed by atoms with Gasteiger partial charge in [-0.2, -0.15) is 0 Å². The Morgan fingerprint density at radius 2 is 1.91 bits per heavy atom. The van der Waals surface area contributed by atoms with Gasteiger partial charge < -0.3 is 0 Å². The van der Waals surface area contributed by atoms with Crippen molar-refractivity contribution in [1.82, 2.24) is 15.0 Å². The molecule has 10 heteroatoms. The summed E-state index contributed by atoms with van der Waals surface area (Å²) in [4.78, 5) is 28.5. The average Bonchev–Trinajstić information content (AvgIpc) is 3.42. The lowest BCUT2D eigenvalue weighted by atomic mass is 10.1. The average molecular weight is 481 g/mol. The van der Waals surface area contributed by atoms with E-state index in [0.717, 1.165) is 15.8 Å². The molecule has 160 valence electrons. The van der Waals surface area contributed by atoms with Crippen LogP contribution in [0.15, 0.2) is 71.3 Å². The fraction of sp³-hybridized carbons (Fsp3) is 0.0909. The number of amides is 1. The highest BCUT2D eigenvalue weighted by molar-refractivity contribution is 7.90. The van der Waals surface area contributed by atoms with E-state index in [2.05, 4.69) is 15.0 Å². The van der Waals surface area contributed by atoms with Crippen LogP contribution in [0, 0.1) is 0 Å². The second-order valence-corrected chi connectivity index (χ2v) is 11.1. The predicted octanol–water partition coefficient (Wildman–Crippen LogP) is 4.55. The highest BCUT2D eigenvalue weighted by Crippen LogP contribution is 2.33. The molecule has 0 saturated carbocycles. The molecule has 0 spiro atoms. The van der Waals surface area contributed by atoms with E-state index in [0.29, 0.717) is 20.9 Å². The highest BCUT2D eigenvalue weighted by Gasteiger charge is 2.23. The van der Waals surface area contributed by atoms with Crippen molar-refractivity contribution in [2.45, 2.75) is 11.4 Å². The van der Waals surface area contributed by atoms with Crippen LogP contribution in [-0.4, -0.2) is 35.5 Å². The smallest absolute Gasteiger partial charge is 0.260 e. The maximum atomic E-state index is 13.6. The van der Waals surface area contributed by atoms with E-state index < -0.39 is 9.84 Å². The van der Waals surface area contributed by atoms with Gasteiger partial charge in [0, 0.05) is 24.2 Å². The lowest BCUT2D eigenvalue weighted by Crippen LogP contribution is -2.30. The minimum absolute atomic E-state index is 0.202. The molecule has 7 nitrogen and oxygen atoms in total. The Kier molecular flexibility index (Phi) is 5.20. The van der Waals surface area contributed by atoms with Gasteiger partial charge in [-0.15, -0.1) is 11.3 Å². The Morgan fingerprint density at radius 1 is 1.06 bits per heavy atom. The molecule has 0 aliphatic carbocycles. The number of carbonyl (C=O) groups is 1. The summed E-state index contributed by atoms with van der Waals surface area (Å²) in [6.07, 6.45) is 4.56. The van der Waals surface area contributed by atoms with Crippen LogP contribution in [0.5, 0.6) is 0 Å². The number of hydrogen-bond acceptors (Lipinski definition) is 8. The Balaban J connectivity index is 1.59. The summed E-state index contributed by atoms with van der Waals surface area (Å²) in [7, 11) is -3.34. The maximum Gasteiger partial charge on any atom is 0.260 e. The molecule has 2 aromatic carbocycles. The van der Waals surface area contributed by atoms with Gasteiger partial charge in [0.2, 0.25) is 0 Å². The molecule has 0 aliphatic heterocycles. The summed E-state index contributed by atoms with van der Waals surface area (Å²) in [6.45, 7) is 0.284. The molecule has 0 fully saturated rings. The van der Waals surface area contributed by atoms with Crippen molar-refractivity contribution in [3.63, 3.8) is 0 Å². The van der Waals surface area contributed by atoms with Gasteiger partial charge in [0.15, 0.2) is 15.0 Å². The third kappa shape index (κ3) is 3.99. The SMILES string of the molecule is CS(=O)(=O)c1ccc2nc(N(Cc3cccnc3)C(=O)c3ccc4ncsc4c3)sc2c1. The molecule has 32 heavy (non-hydrogen) atoms. The third-order valence-electron chi connectivity index (χ3n) is 4.89. The number of thiazole rings is 2. The van der Waals surface area contributed by atoms with E-state index in [-0.39, 0.29) is 17.3 Å². The van der Waals surface area contributed by atoms with Gasteiger partial charge in [-0.3, -0.25) is 14.7 Å². The number of pyridine rings is 1. The van der Waals surface area contributed by atoms with Crippen molar-refractivity contribution < 1.29 is 13.2 Å². The molecule has 0 radical (unpaired) electrons. The first-order valence-electron chi connectivity index (χ1n) is 9.53. The molecular weight excluding hydrogens is 464 g/mol. The summed E-state index contributed by atoms with van der Waals surface area (Å²) in [5.74, 6) is -0.202. The summed E-state index contributed by atoms with van der Waals surface area (Å²) < 4.78 is 25.5. The number of nitrogens with zero attached hydrogens (tertiary/aromatic N) is 4. The molecule has 0 N–H and O–H groups in total. The second-order valence-electron chi connectivity index (χ2n) is 7.19. The maximum absolute atomic E-state index is 13.6. The van der Waals surface area contributed by atoms with Crippen molar-refractivity contribution in [2.24, 2.45) is 0 Å². The van der Waals surface area contributed by atoms with Crippen LogP contribution in [0.25, 0.3) is 20.4 Å². The molecule has 1 amide bonds. The number of sulfone groups is 1. The minimum Gasteiger partial charge on any atom is -0.279 e. The second kappa shape index (κ2) is 8.05. The minimum atomic E-state index is -3.34. The van der Waals surface area contributed by atoms with Crippen molar-refractivity contribution in [2.75, 3.05) is 11.2 Å². The molecule has 0 aliphatic rings. The standard InChI is InChI=1S/C22H16N4O3S3/c1-32(28,29)16-5-7-18-20(10-16)31-22(25-18)26(12-14-3-2-8-23-11-14)21(27)15-4-6-17-19(9-15)30-13-24-17/h2-11,13H,12H2,1H3. The van der Waals surface area contributed by atoms with Crippen LogP contribution >= 0.6 is 22.7 Å². The van der Waals surface area contributed by atoms with Crippen molar-refractivity contribution in [3.05, 3.63) is 77.6 Å². The first kappa shape index (κ1) is 20.7. The summed E-state index contributed by atoms with van der Waals surface area (Å²) in [5.41, 5.74) is 4.62.